The van der Waals surface area contributed by atoms with Crippen molar-refractivity contribution in [3.8, 4) is 0 Å². The highest BCUT2D eigenvalue weighted by Crippen LogP contribution is 2.27. The number of nitrogens with zero attached hydrogens (tertiary/aromatic N) is 1. The van der Waals surface area contributed by atoms with Gasteiger partial charge in [-0.15, -0.1) is 0 Å². The van der Waals surface area contributed by atoms with Crippen molar-refractivity contribution in [1.82, 2.24) is 5.32 Å². The van der Waals surface area contributed by atoms with Gasteiger partial charge in [-0.2, -0.15) is 0 Å². The highest BCUT2D eigenvalue weighted by atomic mass is 79.9. The van der Waals surface area contributed by atoms with E-state index in [1.165, 1.54) is 15.7 Å². The van der Waals surface area contributed by atoms with Crippen molar-refractivity contribution >= 4 is 21.6 Å². The topological polar surface area (TPSA) is 15.3 Å². The van der Waals surface area contributed by atoms with Crippen LogP contribution in [0.4, 0.5) is 5.69 Å². The third kappa shape index (κ3) is 5.96. The molecule has 1 aromatic carbocycles. The van der Waals surface area contributed by atoms with Gasteiger partial charge in [0.05, 0.1) is 5.69 Å². The fraction of sp³-hybridized carbons (Fsp3) is 0.625. The molecule has 19 heavy (non-hydrogen) atoms. The van der Waals surface area contributed by atoms with E-state index in [1.807, 2.05) is 0 Å². The minimum atomic E-state index is 0.152. The van der Waals surface area contributed by atoms with Crippen LogP contribution < -0.4 is 10.2 Å². The molecule has 0 radical (unpaired) electrons. The van der Waals surface area contributed by atoms with Crippen LogP contribution in [0.2, 0.25) is 0 Å². The van der Waals surface area contributed by atoms with Gasteiger partial charge in [0.15, 0.2) is 0 Å². The number of halogens is 1. The van der Waals surface area contributed by atoms with Crippen molar-refractivity contribution in [1.29, 1.82) is 0 Å². The number of benzene rings is 1. The lowest BCUT2D eigenvalue weighted by molar-refractivity contribution is 0.424. The summed E-state index contributed by atoms with van der Waals surface area (Å²) in [7, 11) is 2.15. The second-order valence-electron chi connectivity index (χ2n) is 6.66. The summed E-state index contributed by atoms with van der Waals surface area (Å²) in [4.78, 5) is 2.30. The maximum absolute atomic E-state index is 3.69. The zero-order valence-electron chi connectivity index (χ0n) is 13.0. The standard InChI is InChI=1S/C16H27BrN2/c1-12(2)11-19(6)15-8-7-13(9-14(15)17)10-18-16(3,4)5/h7-9,12,18H,10-11H2,1-6H3. The Hall–Kier alpha value is -0.540. The van der Waals surface area contributed by atoms with Gasteiger partial charge in [-0.05, 0) is 60.3 Å². The van der Waals surface area contributed by atoms with Gasteiger partial charge in [0.25, 0.3) is 0 Å². The number of anilines is 1. The number of hydrogen-bond donors (Lipinski definition) is 1. The first-order chi connectivity index (χ1) is 8.69. The van der Waals surface area contributed by atoms with E-state index >= 15 is 0 Å². The van der Waals surface area contributed by atoms with Gasteiger partial charge < -0.3 is 10.2 Å². The van der Waals surface area contributed by atoms with E-state index in [1.54, 1.807) is 0 Å². The molecule has 3 heteroatoms. The minimum Gasteiger partial charge on any atom is -0.373 e. The van der Waals surface area contributed by atoms with Crippen LogP contribution in [0.3, 0.4) is 0 Å². The molecule has 1 rings (SSSR count). The molecule has 0 aliphatic heterocycles. The van der Waals surface area contributed by atoms with Gasteiger partial charge >= 0.3 is 0 Å². The van der Waals surface area contributed by atoms with E-state index in [-0.39, 0.29) is 5.54 Å². The molecule has 1 aromatic rings. The van der Waals surface area contributed by atoms with Crippen molar-refractivity contribution in [2.75, 3.05) is 18.5 Å². The van der Waals surface area contributed by atoms with E-state index in [4.69, 9.17) is 0 Å². The van der Waals surface area contributed by atoms with Gasteiger partial charge in [0, 0.05) is 30.1 Å². The van der Waals surface area contributed by atoms with Gasteiger partial charge in [-0.25, -0.2) is 0 Å². The number of nitrogens with one attached hydrogen (secondary N) is 1. The Balaban J connectivity index is 2.74. The van der Waals surface area contributed by atoms with Crippen LogP contribution in [-0.4, -0.2) is 19.1 Å². The number of rotatable bonds is 5. The van der Waals surface area contributed by atoms with E-state index in [2.05, 4.69) is 86.0 Å². The minimum absolute atomic E-state index is 0.152. The van der Waals surface area contributed by atoms with E-state index < -0.39 is 0 Å². The lowest BCUT2D eigenvalue weighted by Crippen LogP contribution is -2.35. The fourth-order valence-corrected chi connectivity index (χ4v) is 2.71. The maximum Gasteiger partial charge on any atom is 0.0508 e. The molecule has 108 valence electrons. The Kier molecular flexibility index (Phi) is 5.87. The molecule has 0 bridgehead atoms. The molecule has 2 nitrogen and oxygen atoms in total. The summed E-state index contributed by atoms with van der Waals surface area (Å²) in [5.74, 6) is 0.666. The second kappa shape index (κ2) is 6.76. The summed E-state index contributed by atoms with van der Waals surface area (Å²) >= 11 is 3.69. The van der Waals surface area contributed by atoms with Crippen molar-refractivity contribution in [2.45, 2.75) is 46.7 Å². The molecule has 0 aromatic heterocycles. The largest absolute Gasteiger partial charge is 0.373 e. The Morgan fingerprint density at radius 2 is 1.89 bits per heavy atom. The zero-order chi connectivity index (χ0) is 14.6. The molecular weight excluding hydrogens is 300 g/mol. The highest BCUT2D eigenvalue weighted by Gasteiger charge is 2.11. The Labute approximate surface area is 126 Å². The molecule has 0 fully saturated rings. The maximum atomic E-state index is 3.69. The van der Waals surface area contributed by atoms with Crippen LogP contribution in [0.15, 0.2) is 22.7 Å². The molecule has 0 saturated carbocycles. The number of hydrogen-bond acceptors (Lipinski definition) is 2. The van der Waals surface area contributed by atoms with E-state index in [0.717, 1.165) is 13.1 Å². The molecule has 0 saturated heterocycles. The van der Waals surface area contributed by atoms with Crippen LogP contribution in [0.5, 0.6) is 0 Å². The molecule has 0 aliphatic carbocycles. The van der Waals surface area contributed by atoms with Crippen LogP contribution >= 0.6 is 15.9 Å². The summed E-state index contributed by atoms with van der Waals surface area (Å²) in [6.07, 6.45) is 0. The third-order valence-electron chi connectivity index (χ3n) is 2.89. The predicted molar refractivity (Wildman–Crippen MR) is 88.8 cm³/mol. The molecule has 1 N–H and O–H groups in total. The zero-order valence-corrected chi connectivity index (χ0v) is 14.6. The van der Waals surface area contributed by atoms with Crippen LogP contribution in [-0.2, 0) is 6.54 Å². The van der Waals surface area contributed by atoms with Crippen molar-refractivity contribution < 1.29 is 0 Å². The van der Waals surface area contributed by atoms with Gasteiger partial charge in [0.1, 0.15) is 0 Å². The summed E-state index contributed by atoms with van der Waals surface area (Å²) in [5.41, 5.74) is 2.72. The summed E-state index contributed by atoms with van der Waals surface area (Å²) in [6.45, 7) is 13.0. The van der Waals surface area contributed by atoms with Gasteiger partial charge in [-0.3, -0.25) is 0 Å². The summed E-state index contributed by atoms with van der Waals surface area (Å²) < 4.78 is 1.17. The molecule has 0 spiro atoms. The fourth-order valence-electron chi connectivity index (χ4n) is 1.98. The lowest BCUT2D eigenvalue weighted by atomic mass is 10.1. The first-order valence-electron chi connectivity index (χ1n) is 6.93. The predicted octanol–water partition coefficient (Wildman–Crippen LogP) is 4.43. The monoisotopic (exact) mass is 326 g/mol. The highest BCUT2D eigenvalue weighted by molar-refractivity contribution is 9.10. The smallest absolute Gasteiger partial charge is 0.0508 e. The van der Waals surface area contributed by atoms with Gasteiger partial charge in [-0.1, -0.05) is 19.9 Å². The van der Waals surface area contributed by atoms with Crippen LogP contribution in [0, 0.1) is 5.92 Å². The van der Waals surface area contributed by atoms with Crippen LogP contribution in [0.25, 0.3) is 0 Å². The van der Waals surface area contributed by atoms with E-state index in [9.17, 15) is 0 Å². The van der Waals surface area contributed by atoms with Crippen LogP contribution in [0.1, 0.15) is 40.2 Å². The molecular formula is C16H27BrN2. The first-order valence-corrected chi connectivity index (χ1v) is 7.73. The van der Waals surface area contributed by atoms with Crippen molar-refractivity contribution in [3.05, 3.63) is 28.2 Å². The van der Waals surface area contributed by atoms with Crippen molar-refractivity contribution in [2.24, 2.45) is 5.92 Å². The quantitative estimate of drug-likeness (QED) is 0.861. The Morgan fingerprint density at radius 3 is 2.37 bits per heavy atom. The average Bonchev–Trinajstić information content (AvgIpc) is 2.24. The summed E-state index contributed by atoms with van der Waals surface area (Å²) in [6, 6.07) is 6.62. The molecule has 0 heterocycles. The van der Waals surface area contributed by atoms with E-state index in [0.29, 0.717) is 5.92 Å². The van der Waals surface area contributed by atoms with Gasteiger partial charge in [0.2, 0.25) is 0 Å². The Morgan fingerprint density at radius 1 is 1.26 bits per heavy atom. The first kappa shape index (κ1) is 16.5. The third-order valence-corrected chi connectivity index (χ3v) is 3.52. The molecule has 0 unspecified atom stereocenters. The second-order valence-corrected chi connectivity index (χ2v) is 7.52. The molecule has 0 atom stereocenters. The Bertz CT molecular complexity index is 408. The van der Waals surface area contributed by atoms with Crippen molar-refractivity contribution in [3.63, 3.8) is 0 Å². The normalized spacial score (nSPS) is 12.0. The SMILES string of the molecule is CC(C)CN(C)c1ccc(CNC(C)(C)C)cc1Br. The molecule has 0 aliphatic rings. The molecule has 0 amide bonds. The summed E-state index contributed by atoms with van der Waals surface area (Å²) in [5, 5.41) is 3.51. The average molecular weight is 327 g/mol. The lowest BCUT2D eigenvalue weighted by Gasteiger charge is -2.24.